The predicted molar refractivity (Wildman–Crippen MR) is 59.0 cm³/mol. The molecule has 1 saturated heterocycles. The van der Waals surface area contributed by atoms with Crippen LogP contribution in [0.25, 0.3) is 0 Å². The van der Waals surface area contributed by atoms with E-state index >= 15 is 0 Å². The molecule has 0 spiro atoms. The van der Waals surface area contributed by atoms with Gasteiger partial charge in [0.1, 0.15) is 0 Å². The Hall–Kier alpha value is -1.39. The van der Waals surface area contributed by atoms with E-state index in [-0.39, 0.29) is 30.8 Å². The van der Waals surface area contributed by atoms with E-state index in [1.54, 1.807) is 4.90 Å². The minimum atomic E-state index is -0.295. The number of amidine groups is 1. The summed E-state index contributed by atoms with van der Waals surface area (Å²) in [7, 11) is 0. The summed E-state index contributed by atoms with van der Waals surface area (Å²) < 4.78 is 0. The Morgan fingerprint density at radius 3 is 2.25 bits per heavy atom. The fourth-order valence-electron chi connectivity index (χ4n) is 2.44. The summed E-state index contributed by atoms with van der Waals surface area (Å²) >= 11 is 0. The van der Waals surface area contributed by atoms with Gasteiger partial charge in [0.05, 0.1) is 18.9 Å². The molecule has 1 saturated carbocycles. The molecule has 1 aliphatic carbocycles. The molecule has 2 aliphatic rings. The average molecular weight is 223 g/mol. The molecule has 0 atom stereocenters. The number of piperazine rings is 1. The lowest BCUT2D eigenvalue weighted by molar-refractivity contribution is -0.134. The van der Waals surface area contributed by atoms with Gasteiger partial charge < -0.3 is 4.90 Å². The third kappa shape index (κ3) is 2.40. The van der Waals surface area contributed by atoms with Gasteiger partial charge in [-0.05, 0) is 12.8 Å². The van der Waals surface area contributed by atoms with Gasteiger partial charge in [0, 0.05) is 5.92 Å². The van der Waals surface area contributed by atoms with Crippen molar-refractivity contribution in [3.8, 4) is 0 Å². The van der Waals surface area contributed by atoms with Gasteiger partial charge >= 0.3 is 0 Å². The molecule has 0 bridgehead atoms. The number of nitrogens with one attached hydrogen (secondary N) is 2. The maximum Gasteiger partial charge on any atom is 0.246 e. The van der Waals surface area contributed by atoms with Crippen LogP contribution < -0.4 is 5.32 Å². The highest BCUT2D eigenvalue weighted by Gasteiger charge is 2.28. The summed E-state index contributed by atoms with van der Waals surface area (Å²) in [5, 5.41) is 10.3. The lowest BCUT2D eigenvalue weighted by Gasteiger charge is -2.33. The van der Waals surface area contributed by atoms with Crippen LogP contribution in [0.5, 0.6) is 0 Å². The first kappa shape index (κ1) is 11.1. The van der Waals surface area contributed by atoms with Crippen molar-refractivity contribution in [3.05, 3.63) is 0 Å². The Morgan fingerprint density at radius 2 is 1.69 bits per heavy atom. The topological polar surface area (TPSA) is 73.3 Å². The minimum Gasteiger partial charge on any atom is -0.342 e. The van der Waals surface area contributed by atoms with Crippen LogP contribution in [0.15, 0.2) is 0 Å². The molecule has 0 aromatic rings. The lowest BCUT2D eigenvalue weighted by atomic mass is 9.88. The first-order chi connectivity index (χ1) is 7.66. The second-order valence-electron chi connectivity index (χ2n) is 4.55. The molecule has 1 heterocycles. The number of carbonyl (C=O) groups is 2. The van der Waals surface area contributed by atoms with E-state index in [2.05, 4.69) is 5.32 Å². The largest absolute Gasteiger partial charge is 0.342 e. The third-order valence-corrected chi connectivity index (χ3v) is 3.28. The standard InChI is InChI=1S/C11H17N3O2/c12-11(8-4-2-1-3-5-8)14-6-9(15)13-10(16)7-14/h8,12H,1-7H2,(H,13,15,16). The first-order valence-corrected chi connectivity index (χ1v) is 5.83. The highest BCUT2D eigenvalue weighted by Crippen LogP contribution is 2.25. The van der Waals surface area contributed by atoms with Crippen LogP contribution in [0, 0.1) is 11.3 Å². The van der Waals surface area contributed by atoms with E-state index in [1.165, 1.54) is 6.42 Å². The van der Waals surface area contributed by atoms with Crippen LogP contribution in [0.4, 0.5) is 0 Å². The van der Waals surface area contributed by atoms with Crippen molar-refractivity contribution in [2.45, 2.75) is 32.1 Å². The van der Waals surface area contributed by atoms with Crippen molar-refractivity contribution in [2.75, 3.05) is 13.1 Å². The zero-order valence-electron chi connectivity index (χ0n) is 9.29. The Kier molecular flexibility index (Phi) is 3.22. The maximum absolute atomic E-state index is 11.2. The molecule has 2 N–H and O–H groups in total. The fraction of sp³-hybridized carbons (Fsp3) is 0.727. The Morgan fingerprint density at radius 1 is 1.12 bits per heavy atom. The quantitative estimate of drug-likeness (QED) is 0.386. The Labute approximate surface area is 94.7 Å². The number of amides is 2. The van der Waals surface area contributed by atoms with Gasteiger partial charge in [-0.1, -0.05) is 19.3 Å². The van der Waals surface area contributed by atoms with Crippen LogP contribution in [-0.2, 0) is 9.59 Å². The molecular formula is C11H17N3O2. The molecule has 0 aromatic carbocycles. The normalized spacial score (nSPS) is 23.1. The van der Waals surface area contributed by atoms with Gasteiger partial charge in [-0.3, -0.25) is 20.3 Å². The van der Waals surface area contributed by atoms with Crippen molar-refractivity contribution in [1.29, 1.82) is 5.41 Å². The zero-order valence-corrected chi connectivity index (χ0v) is 9.29. The fourth-order valence-corrected chi connectivity index (χ4v) is 2.44. The van der Waals surface area contributed by atoms with Crippen LogP contribution in [-0.4, -0.2) is 35.6 Å². The van der Waals surface area contributed by atoms with Crippen LogP contribution >= 0.6 is 0 Å². The number of nitrogens with zero attached hydrogens (tertiary/aromatic N) is 1. The highest BCUT2D eigenvalue weighted by molar-refractivity contribution is 6.03. The molecule has 2 rings (SSSR count). The summed E-state index contributed by atoms with van der Waals surface area (Å²) in [6.07, 6.45) is 5.58. The SMILES string of the molecule is N=C(C1CCCCC1)N1CC(=O)NC(=O)C1. The van der Waals surface area contributed by atoms with Gasteiger partial charge in [-0.15, -0.1) is 0 Å². The molecule has 5 heteroatoms. The monoisotopic (exact) mass is 223 g/mol. The van der Waals surface area contributed by atoms with Gasteiger partial charge in [0.25, 0.3) is 0 Å². The number of rotatable bonds is 1. The molecule has 0 unspecified atom stereocenters. The van der Waals surface area contributed by atoms with E-state index < -0.39 is 0 Å². The van der Waals surface area contributed by atoms with Gasteiger partial charge in [0.15, 0.2) is 0 Å². The van der Waals surface area contributed by atoms with Crippen LogP contribution in [0.3, 0.4) is 0 Å². The highest BCUT2D eigenvalue weighted by atomic mass is 16.2. The predicted octanol–water partition coefficient (Wildman–Crippen LogP) is 0.502. The number of carbonyl (C=O) groups excluding carboxylic acids is 2. The third-order valence-electron chi connectivity index (χ3n) is 3.28. The smallest absolute Gasteiger partial charge is 0.246 e. The van der Waals surface area contributed by atoms with Crippen molar-refractivity contribution in [2.24, 2.45) is 5.92 Å². The van der Waals surface area contributed by atoms with Crippen LogP contribution in [0.2, 0.25) is 0 Å². The van der Waals surface area contributed by atoms with Crippen LogP contribution in [0.1, 0.15) is 32.1 Å². The number of imide groups is 1. The Balaban J connectivity index is 1.97. The second kappa shape index (κ2) is 4.63. The molecule has 88 valence electrons. The molecular weight excluding hydrogens is 206 g/mol. The molecule has 2 amide bonds. The molecule has 5 nitrogen and oxygen atoms in total. The summed E-state index contributed by atoms with van der Waals surface area (Å²) in [6, 6.07) is 0. The van der Waals surface area contributed by atoms with E-state index in [4.69, 9.17) is 5.41 Å². The molecule has 0 radical (unpaired) electrons. The number of hydrogen-bond acceptors (Lipinski definition) is 3. The van der Waals surface area contributed by atoms with Gasteiger partial charge in [-0.2, -0.15) is 0 Å². The van der Waals surface area contributed by atoms with Crippen molar-refractivity contribution >= 4 is 17.6 Å². The van der Waals surface area contributed by atoms with Gasteiger partial charge in [-0.25, -0.2) is 0 Å². The van der Waals surface area contributed by atoms with E-state index in [0.29, 0.717) is 5.84 Å². The molecule has 1 aliphatic heterocycles. The Bertz CT molecular complexity index is 305. The average Bonchev–Trinajstić information content (AvgIpc) is 2.28. The van der Waals surface area contributed by atoms with Crippen molar-refractivity contribution < 1.29 is 9.59 Å². The first-order valence-electron chi connectivity index (χ1n) is 5.83. The lowest BCUT2D eigenvalue weighted by Crippen LogP contribution is -2.54. The summed E-state index contributed by atoms with van der Waals surface area (Å²) in [6.45, 7) is 0.308. The van der Waals surface area contributed by atoms with E-state index in [1.807, 2.05) is 0 Å². The molecule has 16 heavy (non-hydrogen) atoms. The minimum absolute atomic E-state index is 0.154. The molecule has 2 fully saturated rings. The molecule has 0 aromatic heterocycles. The zero-order chi connectivity index (χ0) is 11.5. The maximum atomic E-state index is 11.2. The summed E-state index contributed by atoms with van der Waals surface area (Å²) in [4.78, 5) is 24.0. The van der Waals surface area contributed by atoms with E-state index in [0.717, 1.165) is 25.7 Å². The van der Waals surface area contributed by atoms with Crippen molar-refractivity contribution in [3.63, 3.8) is 0 Å². The summed E-state index contributed by atoms with van der Waals surface area (Å²) in [5.74, 6) is 0.129. The van der Waals surface area contributed by atoms with Gasteiger partial charge in [0.2, 0.25) is 11.8 Å². The number of hydrogen-bond donors (Lipinski definition) is 2. The van der Waals surface area contributed by atoms with Crippen molar-refractivity contribution in [1.82, 2.24) is 10.2 Å². The van der Waals surface area contributed by atoms with E-state index in [9.17, 15) is 9.59 Å². The summed E-state index contributed by atoms with van der Waals surface area (Å²) in [5.41, 5.74) is 0. The second-order valence-corrected chi connectivity index (χ2v) is 4.55.